The second-order valence-electron chi connectivity index (χ2n) is 5.81. The summed E-state index contributed by atoms with van der Waals surface area (Å²) >= 11 is 0. The van der Waals surface area contributed by atoms with Crippen molar-refractivity contribution in [2.75, 3.05) is 7.11 Å². The number of aromatic nitrogens is 3. The molecule has 0 radical (unpaired) electrons. The Morgan fingerprint density at radius 3 is 2.29 bits per heavy atom. The highest BCUT2D eigenvalue weighted by molar-refractivity contribution is 5.39. The summed E-state index contributed by atoms with van der Waals surface area (Å²) in [6.07, 6.45) is 2.30. The molecule has 1 aromatic carbocycles. The standard InChI is InChI=1S/C16H23N3O2/c1-5-6-14-17-18-15(11-16(2,3)20)19(14)12-7-9-13(21-4)10-8-12/h7-10,20H,5-6,11H2,1-4H3. The fourth-order valence-electron chi connectivity index (χ4n) is 2.27. The minimum absolute atomic E-state index is 0.454. The van der Waals surface area contributed by atoms with E-state index in [1.54, 1.807) is 21.0 Å². The lowest BCUT2D eigenvalue weighted by atomic mass is 10.1. The molecule has 1 N–H and O–H groups in total. The van der Waals surface area contributed by atoms with Crippen LogP contribution in [0.4, 0.5) is 0 Å². The zero-order chi connectivity index (χ0) is 15.5. The van der Waals surface area contributed by atoms with E-state index in [2.05, 4.69) is 17.1 Å². The number of methoxy groups -OCH3 is 1. The van der Waals surface area contributed by atoms with Gasteiger partial charge in [-0.15, -0.1) is 10.2 Å². The molecule has 1 aromatic heterocycles. The SMILES string of the molecule is CCCc1nnc(CC(C)(C)O)n1-c1ccc(OC)cc1. The Bertz CT molecular complexity index is 583. The second kappa shape index (κ2) is 6.26. The first-order chi connectivity index (χ1) is 9.94. The fraction of sp³-hybridized carbons (Fsp3) is 0.500. The van der Waals surface area contributed by atoms with E-state index in [1.165, 1.54) is 0 Å². The van der Waals surface area contributed by atoms with E-state index in [-0.39, 0.29) is 0 Å². The van der Waals surface area contributed by atoms with Gasteiger partial charge in [-0.1, -0.05) is 6.92 Å². The molecule has 0 saturated carbocycles. The molecule has 0 bridgehead atoms. The minimum Gasteiger partial charge on any atom is -0.497 e. The summed E-state index contributed by atoms with van der Waals surface area (Å²) in [5.74, 6) is 2.51. The summed E-state index contributed by atoms with van der Waals surface area (Å²) in [6.45, 7) is 5.67. The van der Waals surface area contributed by atoms with Crippen LogP contribution in [-0.4, -0.2) is 32.6 Å². The molecule has 2 aromatic rings. The van der Waals surface area contributed by atoms with Crippen LogP contribution in [0.15, 0.2) is 24.3 Å². The van der Waals surface area contributed by atoms with Gasteiger partial charge in [0.25, 0.3) is 0 Å². The van der Waals surface area contributed by atoms with Gasteiger partial charge in [-0.2, -0.15) is 0 Å². The van der Waals surface area contributed by atoms with E-state index >= 15 is 0 Å². The third kappa shape index (κ3) is 3.82. The average Bonchev–Trinajstić information content (AvgIpc) is 2.80. The number of ether oxygens (including phenoxy) is 1. The van der Waals surface area contributed by atoms with Gasteiger partial charge in [-0.25, -0.2) is 0 Å². The number of hydrogen-bond donors (Lipinski definition) is 1. The van der Waals surface area contributed by atoms with Crippen molar-refractivity contribution < 1.29 is 9.84 Å². The Labute approximate surface area is 125 Å². The minimum atomic E-state index is -0.819. The summed E-state index contributed by atoms with van der Waals surface area (Å²) in [6, 6.07) is 7.79. The van der Waals surface area contributed by atoms with Gasteiger partial charge in [0, 0.05) is 18.5 Å². The van der Waals surface area contributed by atoms with Crippen LogP contribution in [-0.2, 0) is 12.8 Å². The van der Waals surface area contributed by atoms with Gasteiger partial charge in [0.2, 0.25) is 0 Å². The Morgan fingerprint density at radius 1 is 1.14 bits per heavy atom. The van der Waals surface area contributed by atoms with Gasteiger partial charge < -0.3 is 9.84 Å². The lowest BCUT2D eigenvalue weighted by Crippen LogP contribution is -2.24. The van der Waals surface area contributed by atoms with Crippen molar-refractivity contribution in [3.05, 3.63) is 35.9 Å². The van der Waals surface area contributed by atoms with Crippen molar-refractivity contribution in [3.63, 3.8) is 0 Å². The number of nitrogens with zero attached hydrogens (tertiary/aromatic N) is 3. The highest BCUT2D eigenvalue weighted by Gasteiger charge is 2.21. The van der Waals surface area contributed by atoms with Gasteiger partial charge in [-0.3, -0.25) is 4.57 Å². The number of hydrogen-bond acceptors (Lipinski definition) is 4. The fourth-order valence-corrected chi connectivity index (χ4v) is 2.27. The third-order valence-electron chi connectivity index (χ3n) is 3.19. The lowest BCUT2D eigenvalue weighted by Gasteiger charge is -2.18. The van der Waals surface area contributed by atoms with E-state index in [1.807, 2.05) is 28.8 Å². The summed E-state index contributed by atoms with van der Waals surface area (Å²) in [5, 5.41) is 18.6. The van der Waals surface area contributed by atoms with Crippen LogP contribution >= 0.6 is 0 Å². The van der Waals surface area contributed by atoms with Crippen LogP contribution in [0.3, 0.4) is 0 Å². The molecule has 0 aliphatic rings. The molecular weight excluding hydrogens is 266 g/mol. The monoisotopic (exact) mass is 289 g/mol. The smallest absolute Gasteiger partial charge is 0.140 e. The normalized spacial score (nSPS) is 11.7. The molecule has 0 spiro atoms. The van der Waals surface area contributed by atoms with Crippen molar-refractivity contribution >= 4 is 0 Å². The van der Waals surface area contributed by atoms with Crippen molar-refractivity contribution in [3.8, 4) is 11.4 Å². The predicted octanol–water partition coefficient (Wildman–Crippen LogP) is 2.54. The van der Waals surface area contributed by atoms with Crippen LogP contribution < -0.4 is 4.74 Å². The van der Waals surface area contributed by atoms with E-state index in [9.17, 15) is 5.11 Å². The average molecular weight is 289 g/mol. The predicted molar refractivity (Wildman–Crippen MR) is 81.9 cm³/mol. The van der Waals surface area contributed by atoms with Gasteiger partial charge in [-0.05, 0) is 44.5 Å². The highest BCUT2D eigenvalue weighted by Crippen LogP contribution is 2.21. The number of rotatable bonds is 6. The highest BCUT2D eigenvalue weighted by atomic mass is 16.5. The van der Waals surface area contributed by atoms with Crippen LogP contribution in [0.1, 0.15) is 38.8 Å². The molecule has 114 valence electrons. The van der Waals surface area contributed by atoms with Crippen LogP contribution in [0.5, 0.6) is 5.75 Å². The lowest BCUT2D eigenvalue weighted by molar-refractivity contribution is 0.0783. The van der Waals surface area contributed by atoms with E-state index in [0.717, 1.165) is 35.9 Å². The summed E-state index contributed by atoms with van der Waals surface area (Å²) in [7, 11) is 1.65. The topological polar surface area (TPSA) is 60.2 Å². The molecule has 1 heterocycles. The van der Waals surface area contributed by atoms with Crippen molar-refractivity contribution in [1.82, 2.24) is 14.8 Å². The van der Waals surface area contributed by atoms with Crippen molar-refractivity contribution in [2.45, 2.75) is 45.6 Å². The molecule has 2 rings (SSSR count). The molecule has 5 nitrogen and oxygen atoms in total. The molecular formula is C16H23N3O2. The Morgan fingerprint density at radius 2 is 1.76 bits per heavy atom. The molecule has 0 fully saturated rings. The van der Waals surface area contributed by atoms with Gasteiger partial charge in [0.05, 0.1) is 12.7 Å². The van der Waals surface area contributed by atoms with E-state index in [0.29, 0.717) is 6.42 Å². The molecule has 0 amide bonds. The number of aryl methyl sites for hydroxylation is 1. The molecule has 0 aliphatic heterocycles. The van der Waals surface area contributed by atoms with Crippen LogP contribution in [0, 0.1) is 0 Å². The molecule has 0 atom stereocenters. The summed E-state index contributed by atoms with van der Waals surface area (Å²) in [4.78, 5) is 0. The molecule has 5 heteroatoms. The van der Waals surface area contributed by atoms with E-state index in [4.69, 9.17) is 4.74 Å². The Hall–Kier alpha value is -1.88. The number of aliphatic hydroxyl groups is 1. The molecule has 21 heavy (non-hydrogen) atoms. The largest absolute Gasteiger partial charge is 0.497 e. The Kier molecular flexibility index (Phi) is 4.63. The first-order valence-electron chi connectivity index (χ1n) is 7.24. The Balaban J connectivity index is 2.44. The first kappa shape index (κ1) is 15.5. The second-order valence-corrected chi connectivity index (χ2v) is 5.81. The maximum absolute atomic E-state index is 10.1. The van der Waals surface area contributed by atoms with Gasteiger partial charge >= 0.3 is 0 Å². The first-order valence-corrected chi connectivity index (χ1v) is 7.24. The van der Waals surface area contributed by atoms with Gasteiger partial charge in [0.15, 0.2) is 0 Å². The summed E-state index contributed by atoms with van der Waals surface area (Å²) in [5.41, 5.74) is 0.171. The van der Waals surface area contributed by atoms with Gasteiger partial charge in [0.1, 0.15) is 17.4 Å². The maximum atomic E-state index is 10.1. The molecule has 0 saturated heterocycles. The molecule has 0 aliphatic carbocycles. The third-order valence-corrected chi connectivity index (χ3v) is 3.19. The van der Waals surface area contributed by atoms with Crippen LogP contribution in [0.2, 0.25) is 0 Å². The van der Waals surface area contributed by atoms with Crippen molar-refractivity contribution in [1.29, 1.82) is 0 Å². The maximum Gasteiger partial charge on any atom is 0.140 e. The van der Waals surface area contributed by atoms with E-state index < -0.39 is 5.60 Å². The molecule has 0 unspecified atom stereocenters. The zero-order valence-corrected chi connectivity index (χ0v) is 13.1. The van der Waals surface area contributed by atoms with Crippen LogP contribution in [0.25, 0.3) is 5.69 Å². The summed E-state index contributed by atoms with van der Waals surface area (Å²) < 4.78 is 7.22. The quantitative estimate of drug-likeness (QED) is 0.887. The van der Waals surface area contributed by atoms with Crippen molar-refractivity contribution in [2.24, 2.45) is 0 Å². The number of benzene rings is 1. The zero-order valence-electron chi connectivity index (χ0n) is 13.1.